The fraction of sp³-hybridized carbons (Fsp3) is 0.174. The number of anilines is 1. The summed E-state index contributed by atoms with van der Waals surface area (Å²) in [6, 6.07) is 16.4. The van der Waals surface area contributed by atoms with E-state index in [0.29, 0.717) is 21.7 Å². The SMILES string of the molecule is COc1ccc(C)c2sc(N(Cc3ccccn3)C(=O)COc3ccc(Cl)cc3)nc12. The van der Waals surface area contributed by atoms with E-state index in [0.717, 1.165) is 21.5 Å². The average Bonchev–Trinajstić information content (AvgIpc) is 3.24. The number of thiazole rings is 1. The summed E-state index contributed by atoms with van der Waals surface area (Å²) in [6.07, 6.45) is 1.70. The lowest BCUT2D eigenvalue weighted by molar-refractivity contribution is -0.120. The van der Waals surface area contributed by atoms with Gasteiger partial charge < -0.3 is 9.47 Å². The van der Waals surface area contributed by atoms with Gasteiger partial charge in [0.1, 0.15) is 17.0 Å². The molecule has 0 aliphatic carbocycles. The Hall–Kier alpha value is -3.16. The number of aryl methyl sites for hydroxylation is 1. The molecule has 0 unspecified atom stereocenters. The van der Waals surface area contributed by atoms with Gasteiger partial charge in [-0.15, -0.1) is 0 Å². The van der Waals surface area contributed by atoms with Gasteiger partial charge in [0, 0.05) is 11.2 Å². The van der Waals surface area contributed by atoms with E-state index < -0.39 is 0 Å². The number of nitrogens with zero attached hydrogens (tertiary/aromatic N) is 3. The quantitative estimate of drug-likeness (QED) is 0.381. The lowest BCUT2D eigenvalue weighted by atomic mass is 10.2. The number of rotatable bonds is 7. The molecule has 0 spiro atoms. The Morgan fingerprint density at radius 2 is 1.94 bits per heavy atom. The standard InChI is InChI=1S/C23H20ClN3O3S/c1-15-6-11-19(29-2)21-22(15)31-23(26-21)27(13-17-5-3-4-12-25-17)20(28)14-30-18-9-7-16(24)8-10-18/h3-12H,13-14H2,1-2H3. The van der Waals surface area contributed by atoms with Crippen LogP contribution < -0.4 is 14.4 Å². The van der Waals surface area contributed by atoms with E-state index in [1.807, 2.05) is 37.3 Å². The third-order valence-corrected chi connectivity index (χ3v) is 6.13. The lowest BCUT2D eigenvalue weighted by Crippen LogP contribution is -2.34. The molecule has 0 bridgehead atoms. The Morgan fingerprint density at radius 3 is 2.65 bits per heavy atom. The normalized spacial score (nSPS) is 10.8. The highest BCUT2D eigenvalue weighted by atomic mass is 35.5. The number of methoxy groups -OCH3 is 1. The minimum absolute atomic E-state index is 0.138. The first-order valence-corrected chi connectivity index (χ1v) is 10.8. The number of fused-ring (bicyclic) bond motifs is 1. The van der Waals surface area contributed by atoms with Gasteiger partial charge >= 0.3 is 0 Å². The van der Waals surface area contributed by atoms with E-state index >= 15 is 0 Å². The number of benzene rings is 2. The molecule has 0 saturated heterocycles. The van der Waals surface area contributed by atoms with Crippen molar-refractivity contribution in [3.63, 3.8) is 0 Å². The smallest absolute Gasteiger partial charge is 0.267 e. The van der Waals surface area contributed by atoms with Gasteiger partial charge in [-0.3, -0.25) is 14.7 Å². The predicted molar refractivity (Wildman–Crippen MR) is 123 cm³/mol. The summed E-state index contributed by atoms with van der Waals surface area (Å²) in [5, 5.41) is 1.17. The molecule has 4 aromatic rings. The van der Waals surface area contributed by atoms with Gasteiger partial charge in [0.15, 0.2) is 11.7 Å². The first kappa shape index (κ1) is 21.1. The molecule has 2 heterocycles. The molecule has 6 nitrogen and oxygen atoms in total. The fourth-order valence-corrected chi connectivity index (χ4v) is 4.24. The van der Waals surface area contributed by atoms with E-state index in [4.69, 9.17) is 26.1 Å². The van der Waals surface area contributed by atoms with Gasteiger partial charge in [-0.25, -0.2) is 4.98 Å². The van der Waals surface area contributed by atoms with Crippen molar-refractivity contribution in [3.8, 4) is 11.5 Å². The van der Waals surface area contributed by atoms with E-state index in [1.54, 1.807) is 42.5 Å². The van der Waals surface area contributed by atoms with Crippen molar-refractivity contribution < 1.29 is 14.3 Å². The zero-order valence-corrected chi connectivity index (χ0v) is 18.6. The third-order valence-electron chi connectivity index (χ3n) is 4.67. The Kier molecular flexibility index (Phi) is 6.34. The van der Waals surface area contributed by atoms with Crippen LogP contribution in [0.25, 0.3) is 10.2 Å². The summed E-state index contributed by atoms with van der Waals surface area (Å²) in [5.41, 5.74) is 2.56. The van der Waals surface area contributed by atoms with E-state index in [2.05, 4.69) is 4.98 Å². The highest BCUT2D eigenvalue weighted by Gasteiger charge is 2.23. The van der Waals surface area contributed by atoms with E-state index in [-0.39, 0.29) is 19.1 Å². The van der Waals surface area contributed by atoms with Crippen molar-refractivity contribution in [2.75, 3.05) is 18.6 Å². The van der Waals surface area contributed by atoms with Gasteiger partial charge in [-0.05, 0) is 55.0 Å². The van der Waals surface area contributed by atoms with Crippen molar-refractivity contribution in [1.82, 2.24) is 9.97 Å². The molecule has 2 aromatic carbocycles. The van der Waals surface area contributed by atoms with Gasteiger partial charge in [0.05, 0.1) is 24.0 Å². The molecule has 1 amide bonds. The van der Waals surface area contributed by atoms with Gasteiger partial charge in [-0.2, -0.15) is 0 Å². The number of halogens is 1. The van der Waals surface area contributed by atoms with Gasteiger partial charge in [0.25, 0.3) is 5.91 Å². The van der Waals surface area contributed by atoms with Crippen molar-refractivity contribution >= 4 is 44.2 Å². The number of amides is 1. The molecule has 0 radical (unpaired) electrons. The molecule has 31 heavy (non-hydrogen) atoms. The molecule has 0 aliphatic heterocycles. The van der Waals surface area contributed by atoms with Crippen LogP contribution in [-0.4, -0.2) is 29.6 Å². The summed E-state index contributed by atoms with van der Waals surface area (Å²) in [7, 11) is 1.61. The number of ether oxygens (including phenoxy) is 2. The van der Waals surface area contributed by atoms with Crippen LogP contribution in [-0.2, 0) is 11.3 Å². The first-order valence-electron chi connectivity index (χ1n) is 9.58. The molecule has 0 saturated carbocycles. The number of hydrogen-bond acceptors (Lipinski definition) is 6. The summed E-state index contributed by atoms with van der Waals surface area (Å²) < 4.78 is 12.1. The summed E-state index contributed by atoms with van der Waals surface area (Å²) in [6.45, 7) is 2.16. The zero-order chi connectivity index (χ0) is 21.8. The maximum atomic E-state index is 13.2. The van der Waals surface area contributed by atoms with Crippen LogP contribution in [0, 0.1) is 6.92 Å². The number of pyridine rings is 1. The Bertz CT molecular complexity index is 1200. The molecule has 0 N–H and O–H groups in total. The largest absolute Gasteiger partial charge is 0.494 e. The van der Waals surface area contributed by atoms with Crippen molar-refractivity contribution in [2.24, 2.45) is 0 Å². The maximum Gasteiger partial charge on any atom is 0.267 e. The Morgan fingerprint density at radius 1 is 1.13 bits per heavy atom. The lowest BCUT2D eigenvalue weighted by Gasteiger charge is -2.19. The summed E-state index contributed by atoms with van der Waals surface area (Å²) >= 11 is 7.36. The molecule has 0 atom stereocenters. The minimum Gasteiger partial charge on any atom is -0.494 e. The second-order valence-electron chi connectivity index (χ2n) is 6.80. The van der Waals surface area contributed by atoms with Gasteiger partial charge in [0.2, 0.25) is 0 Å². The van der Waals surface area contributed by atoms with E-state index in [1.165, 1.54) is 11.3 Å². The number of hydrogen-bond donors (Lipinski definition) is 0. The molecule has 4 rings (SSSR count). The van der Waals surface area contributed by atoms with Crippen LogP contribution in [0.5, 0.6) is 11.5 Å². The predicted octanol–water partition coefficient (Wildman–Crippen LogP) is 5.27. The van der Waals surface area contributed by atoms with Crippen LogP contribution in [0.2, 0.25) is 5.02 Å². The molecule has 2 aromatic heterocycles. The Labute approximate surface area is 189 Å². The number of carbonyl (C=O) groups excluding carboxylic acids is 1. The highest BCUT2D eigenvalue weighted by Crippen LogP contribution is 2.36. The molecule has 158 valence electrons. The van der Waals surface area contributed by atoms with Crippen LogP contribution in [0.1, 0.15) is 11.3 Å². The molecular weight excluding hydrogens is 434 g/mol. The van der Waals surface area contributed by atoms with Crippen molar-refractivity contribution in [1.29, 1.82) is 0 Å². The average molecular weight is 454 g/mol. The highest BCUT2D eigenvalue weighted by molar-refractivity contribution is 7.22. The summed E-state index contributed by atoms with van der Waals surface area (Å²) in [4.78, 5) is 23.9. The van der Waals surface area contributed by atoms with Crippen LogP contribution in [0.15, 0.2) is 60.8 Å². The first-order chi connectivity index (χ1) is 15.0. The van der Waals surface area contributed by atoms with Gasteiger partial charge in [-0.1, -0.05) is 35.1 Å². The Balaban J connectivity index is 1.65. The van der Waals surface area contributed by atoms with Crippen molar-refractivity contribution in [2.45, 2.75) is 13.5 Å². The molecule has 0 aliphatic rings. The van der Waals surface area contributed by atoms with Crippen LogP contribution in [0.3, 0.4) is 0 Å². The minimum atomic E-state index is -0.226. The zero-order valence-electron chi connectivity index (χ0n) is 17.0. The second kappa shape index (κ2) is 9.32. The van der Waals surface area contributed by atoms with Crippen LogP contribution in [0.4, 0.5) is 5.13 Å². The monoisotopic (exact) mass is 453 g/mol. The molecular formula is C23H20ClN3O3S. The maximum absolute atomic E-state index is 13.2. The second-order valence-corrected chi connectivity index (χ2v) is 8.22. The topological polar surface area (TPSA) is 64.5 Å². The molecule has 8 heteroatoms. The molecule has 0 fully saturated rings. The number of aromatic nitrogens is 2. The fourth-order valence-electron chi connectivity index (χ4n) is 3.05. The third kappa shape index (κ3) is 4.78. The van der Waals surface area contributed by atoms with E-state index in [9.17, 15) is 4.79 Å². The van der Waals surface area contributed by atoms with Crippen molar-refractivity contribution in [3.05, 3.63) is 77.1 Å². The number of carbonyl (C=O) groups is 1. The van der Waals surface area contributed by atoms with Crippen LogP contribution >= 0.6 is 22.9 Å². The summed E-state index contributed by atoms with van der Waals surface area (Å²) in [5.74, 6) is 1.01.